The van der Waals surface area contributed by atoms with Crippen molar-refractivity contribution in [3.8, 4) is 0 Å². The molecule has 0 saturated carbocycles. The highest BCUT2D eigenvalue weighted by Crippen LogP contribution is 2.14. The lowest BCUT2D eigenvalue weighted by Gasteiger charge is -2.35. The molecule has 0 aromatic heterocycles. The van der Waals surface area contributed by atoms with Crippen LogP contribution in [0.2, 0.25) is 0 Å². The minimum Gasteiger partial charge on any atom is -1.00 e. The van der Waals surface area contributed by atoms with Crippen LogP contribution in [0, 0.1) is 0 Å². The van der Waals surface area contributed by atoms with Gasteiger partial charge in [-0.25, -0.2) is 0 Å². The van der Waals surface area contributed by atoms with Gasteiger partial charge in [0.2, 0.25) is 0 Å². The van der Waals surface area contributed by atoms with Crippen molar-refractivity contribution in [2.75, 3.05) is 26.7 Å². The molecule has 0 bridgehead atoms. The monoisotopic (exact) mass is 303 g/mol. The Labute approximate surface area is 134 Å². The summed E-state index contributed by atoms with van der Waals surface area (Å²) in [5.74, 6) is 0. The molecular formula is C19H42FN. The van der Waals surface area contributed by atoms with E-state index in [2.05, 4.69) is 27.8 Å². The third kappa shape index (κ3) is 14.6. The Morgan fingerprint density at radius 1 is 0.476 bits per heavy atom. The maximum atomic E-state index is 2.52. The van der Waals surface area contributed by atoms with E-state index < -0.39 is 0 Å². The molecular weight excluding hydrogens is 261 g/mol. The number of rotatable bonds is 15. The average Bonchev–Trinajstić information content (AvgIpc) is 2.45. The summed E-state index contributed by atoms with van der Waals surface area (Å²) in [7, 11) is 2.52. The molecule has 0 saturated heterocycles. The van der Waals surface area contributed by atoms with Crippen LogP contribution in [-0.4, -0.2) is 31.2 Å². The SMILES string of the molecule is CCCCCC[N+](C)(CCCCCC)CCCCCC.[F-]. The highest BCUT2D eigenvalue weighted by atomic mass is 19.0. The molecule has 0 aromatic rings. The molecule has 0 aromatic carbocycles. The van der Waals surface area contributed by atoms with Crippen molar-refractivity contribution in [1.29, 1.82) is 0 Å². The molecule has 21 heavy (non-hydrogen) atoms. The highest BCUT2D eigenvalue weighted by molar-refractivity contribution is 4.48. The van der Waals surface area contributed by atoms with Crippen LogP contribution >= 0.6 is 0 Å². The molecule has 2 heteroatoms. The normalized spacial score (nSPS) is 11.4. The van der Waals surface area contributed by atoms with E-state index in [0.29, 0.717) is 0 Å². The first-order chi connectivity index (χ1) is 9.68. The molecule has 0 radical (unpaired) electrons. The van der Waals surface area contributed by atoms with E-state index in [1.807, 2.05) is 0 Å². The summed E-state index contributed by atoms with van der Waals surface area (Å²) >= 11 is 0. The molecule has 0 aliphatic carbocycles. The van der Waals surface area contributed by atoms with Crippen molar-refractivity contribution in [2.45, 2.75) is 97.8 Å². The smallest absolute Gasteiger partial charge is 0.0784 e. The van der Waals surface area contributed by atoms with Crippen LogP contribution in [0.15, 0.2) is 0 Å². The fraction of sp³-hybridized carbons (Fsp3) is 1.00. The second-order valence-electron chi connectivity index (χ2n) is 6.97. The molecule has 1 nitrogen and oxygen atoms in total. The van der Waals surface area contributed by atoms with Gasteiger partial charge >= 0.3 is 0 Å². The Morgan fingerprint density at radius 3 is 1.00 bits per heavy atom. The predicted molar refractivity (Wildman–Crippen MR) is 93.2 cm³/mol. The predicted octanol–water partition coefficient (Wildman–Crippen LogP) is 3.18. The van der Waals surface area contributed by atoms with Gasteiger partial charge in [0.15, 0.2) is 0 Å². The Bertz CT molecular complexity index is 163. The molecule has 0 aliphatic rings. The average molecular weight is 304 g/mol. The van der Waals surface area contributed by atoms with Crippen molar-refractivity contribution in [3.63, 3.8) is 0 Å². The number of hydrogen-bond donors (Lipinski definition) is 0. The topological polar surface area (TPSA) is 0 Å². The highest BCUT2D eigenvalue weighted by Gasteiger charge is 2.19. The first-order valence-electron chi connectivity index (χ1n) is 9.52. The lowest BCUT2D eigenvalue weighted by molar-refractivity contribution is -0.910. The minimum atomic E-state index is 0. The van der Waals surface area contributed by atoms with Crippen molar-refractivity contribution < 1.29 is 9.19 Å². The first-order valence-corrected chi connectivity index (χ1v) is 9.52. The second kappa shape index (κ2) is 16.3. The van der Waals surface area contributed by atoms with Crippen LogP contribution in [0.25, 0.3) is 0 Å². The Hall–Kier alpha value is -0.110. The maximum absolute atomic E-state index is 2.52. The number of hydrogen-bond acceptors (Lipinski definition) is 0. The first kappa shape index (κ1) is 23.2. The van der Waals surface area contributed by atoms with Gasteiger partial charge in [0, 0.05) is 0 Å². The van der Waals surface area contributed by atoms with E-state index in [-0.39, 0.29) is 4.70 Å². The molecule has 0 rings (SSSR count). The van der Waals surface area contributed by atoms with Gasteiger partial charge in [-0.05, 0) is 38.5 Å². The van der Waals surface area contributed by atoms with E-state index in [1.54, 1.807) is 0 Å². The number of halogens is 1. The van der Waals surface area contributed by atoms with Crippen molar-refractivity contribution in [2.24, 2.45) is 0 Å². The Balaban J connectivity index is 0. The molecule has 0 fully saturated rings. The quantitative estimate of drug-likeness (QED) is 0.322. The lowest BCUT2D eigenvalue weighted by atomic mass is 10.1. The van der Waals surface area contributed by atoms with Gasteiger partial charge in [-0.2, -0.15) is 0 Å². The molecule has 0 atom stereocenters. The van der Waals surface area contributed by atoms with E-state index in [4.69, 9.17) is 0 Å². The summed E-state index contributed by atoms with van der Waals surface area (Å²) in [4.78, 5) is 0. The zero-order chi connectivity index (χ0) is 15.1. The Kier molecular flexibility index (Phi) is 17.9. The van der Waals surface area contributed by atoms with Crippen LogP contribution in [0.3, 0.4) is 0 Å². The van der Waals surface area contributed by atoms with Gasteiger partial charge < -0.3 is 9.19 Å². The zero-order valence-electron chi connectivity index (χ0n) is 15.4. The van der Waals surface area contributed by atoms with E-state index in [0.717, 1.165) is 0 Å². The van der Waals surface area contributed by atoms with Crippen LogP contribution in [-0.2, 0) is 0 Å². The molecule has 0 amide bonds. The number of unbranched alkanes of at least 4 members (excludes halogenated alkanes) is 9. The minimum absolute atomic E-state index is 0. The van der Waals surface area contributed by atoms with Crippen LogP contribution in [0.5, 0.6) is 0 Å². The fourth-order valence-electron chi connectivity index (χ4n) is 3.10. The lowest BCUT2D eigenvalue weighted by Crippen LogP contribution is -3.00. The second-order valence-corrected chi connectivity index (χ2v) is 6.97. The van der Waals surface area contributed by atoms with E-state index in [1.165, 1.54) is 101 Å². The Morgan fingerprint density at radius 2 is 0.762 bits per heavy atom. The van der Waals surface area contributed by atoms with Gasteiger partial charge in [0.25, 0.3) is 0 Å². The molecule has 0 heterocycles. The molecule has 0 spiro atoms. The number of quaternary nitrogens is 1. The van der Waals surface area contributed by atoms with Crippen LogP contribution in [0.1, 0.15) is 97.8 Å². The standard InChI is InChI=1S/C19H42N.FH/c1-5-8-11-14-17-20(4,18-15-12-9-6-2)19-16-13-10-7-3;/h5-19H2,1-4H3;1H/q+1;/p-1. The summed E-state index contributed by atoms with van der Waals surface area (Å²) in [6, 6.07) is 0. The fourth-order valence-corrected chi connectivity index (χ4v) is 3.10. The van der Waals surface area contributed by atoms with Crippen LogP contribution < -0.4 is 4.70 Å². The van der Waals surface area contributed by atoms with Crippen molar-refractivity contribution >= 4 is 0 Å². The zero-order valence-corrected chi connectivity index (χ0v) is 15.4. The van der Waals surface area contributed by atoms with Gasteiger partial charge in [0.1, 0.15) is 0 Å². The van der Waals surface area contributed by atoms with Gasteiger partial charge in [-0.3, -0.25) is 0 Å². The summed E-state index contributed by atoms with van der Waals surface area (Å²) in [6.07, 6.45) is 17.0. The van der Waals surface area contributed by atoms with Crippen LogP contribution in [0.4, 0.5) is 0 Å². The molecule has 0 aliphatic heterocycles. The van der Waals surface area contributed by atoms with Crippen molar-refractivity contribution in [1.82, 2.24) is 0 Å². The third-order valence-electron chi connectivity index (χ3n) is 4.65. The third-order valence-corrected chi connectivity index (χ3v) is 4.65. The molecule has 130 valence electrons. The van der Waals surface area contributed by atoms with Gasteiger partial charge in [0.05, 0.1) is 26.7 Å². The van der Waals surface area contributed by atoms with Gasteiger partial charge in [-0.15, -0.1) is 0 Å². The van der Waals surface area contributed by atoms with Gasteiger partial charge in [-0.1, -0.05) is 59.3 Å². The summed E-state index contributed by atoms with van der Waals surface area (Å²) in [5.41, 5.74) is 0. The summed E-state index contributed by atoms with van der Waals surface area (Å²) < 4.78 is 1.34. The van der Waals surface area contributed by atoms with E-state index in [9.17, 15) is 0 Å². The molecule has 0 unspecified atom stereocenters. The van der Waals surface area contributed by atoms with Crippen molar-refractivity contribution in [3.05, 3.63) is 0 Å². The number of nitrogens with zero attached hydrogens (tertiary/aromatic N) is 1. The summed E-state index contributed by atoms with van der Waals surface area (Å²) in [5, 5.41) is 0. The molecule has 0 N–H and O–H groups in total. The largest absolute Gasteiger partial charge is 1.00 e. The maximum Gasteiger partial charge on any atom is 0.0784 e. The summed E-state index contributed by atoms with van der Waals surface area (Å²) in [6.45, 7) is 11.2. The van der Waals surface area contributed by atoms with E-state index >= 15 is 0 Å².